The van der Waals surface area contributed by atoms with Crippen LogP contribution in [0.3, 0.4) is 0 Å². The number of hydrogen-bond donors (Lipinski definition) is 3. The van der Waals surface area contributed by atoms with Gasteiger partial charge in [-0.1, -0.05) is 0 Å². The van der Waals surface area contributed by atoms with E-state index in [0.29, 0.717) is 6.54 Å². The molecule has 4 N–H and O–H groups in total. The molecule has 0 amide bonds. The van der Waals surface area contributed by atoms with Gasteiger partial charge in [0, 0.05) is 6.54 Å². The Bertz CT molecular complexity index is 47.8. The number of aliphatic hydroxyl groups excluding tert-OH is 1. The Hall–Kier alpha value is -0.680. The number of rotatable bonds is 1. The lowest BCUT2D eigenvalue weighted by Crippen LogP contribution is -2.14. The number of aliphatic hydroxyl groups is 1. The third-order valence-electron chi connectivity index (χ3n) is 0.341. The first-order chi connectivity index (χ1) is 3.68. The van der Waals surface area contributed by atoms with Gasteiger partial charge in [-0.05, 0) is 6.92 Å². The minimum Gasteiger partial charge on any atom is -0.392 e. The summed E-state index contributed by atoms with van der Waals surface area (Å²) in [5.74, 6) is 0. The number of nitrogens with zero attached hydrogens (tertiary/aromatic N) is 1. The van der Waals surface area contributed by atoms with Gasteiger partial charge in [-0.15, -0.1) is 4.91 Å². The van der Waals surface area contributed by atoms with Gasteiger partial charge in [0.2, 0.25) is 0 Å². The zero-order valence-corrected chi connectivity index (χ0v) is 4.61. The maximum absolute atomic E-state index is 8.24. The molecule has 0 spiro atoms. The van der Waals surface area contributed by atoms with Gasteiger partial charge in [0.15, 0.2) is 5.34 Å². The molecule has 50 valence electrons. The van der Waals surface area contributed by atoms with Crippen LogP contribution >= 0.6 is 0 Å². The Morgan fingerprint density at radius 2 is 2.00 bits per heavy atom. The minimum absolute atomic E-state index is 0.338. The van der Waals surface area contributed by atoms with Crippen molar-refractivity contribution in [1.82, 2.24) is 0 Å². The Labute approximate surface area is 47.1 Å². The molecule has 0 bridgehead atoms. The van der Waals surface area contributed by atoms with Crippen LogP contribution in [0.25, 0.3) is 0 Å². The quantitative estimate of drug-likeness (QED) is 0.321. The molecule has 8 heavy (non-hydrogen) atoms. The maximum atomic E-state index is 8.24. The highest BCUT2D eigenvalue weighted by molar-refractivity contribution is 4.40. The fraction of sp³-hybridized carbons (Fsp3) is 1.00. The lowest BCUT2D eigenvalue weighted by atomic mass is 10.4. The van der Waals surface area contributed by atoms with Crippen LogP contribution in [0.2, 0.25) is 0 Å². The van der Waals surface area contributed by atoms with Crippen molar-refractivity contribution in [3.8, 4) is 0 Å². The molecule has 0 aromatic heterocycles. The Balaban J connectivity index is 0. The number of hydrogen-bond acceptors (Lipinski definition) is 4. The second kappa shape index (κ2) is 9.58. The van der Waals surface area contributed by atoms with Gasteiger partial charge < -0.3 is 16.0 Å². The molecule has 5 heteroatoms. The molecule has 0 heterocycles. The molecule has 5 nitrogen and oxygen atoms in total. The molecular weight excluding hydrogens is 112 g/mol. The summed E-state index contributed by atoms with van der Waals surface area (Å²) in [5, 5.41) is 16.1. The zero-order chi connectivity index (χ0) is 6.99. The molecular formula is C3H10N2O3. The van der Waals surface area contributed by atoms with E-state index in [9.17, 15) is 0 Å². The van der Waals surface area contributed by atoms with Gasteiger partial charge >= 0.3 is 0 Å². The standard InChI is InChI=1S/C3H9NO.HNO2/c1-3(5)2-4;2-1-3/h3,5H,2,4H2,1H3;(H,2,3). The fourth-order valence-electron chi connectivity index (χ4n) is 0. The topological polar surface area (TPSA) is 95.9 Å². The fourth-order valence-corrected chi connectivity index (χ4v) is 0. The molecule has 0 rings (SSSR count). The van der Waals surface area contributed by atoms with Crippen LogP contribution in [0.1, 0.15) is 6.92 Å². The van der Waals surface area contributed by atoms with Crippen molar-refractivity contribution >= 4 is 0 Å². The monoisotopic (exact) mass is 122 g/mol. The van der Waals surface area contributed by atoms with E-state index >= 15 is 0 Å². The molecule has 0 aromatic rings. The van der Waals surface area contributed by atoms with Crippen LogP contribution in [0.15, 0.2) is 5.34 Å². The molecule has 0 aromatic carbocycles. The van der Waals surface area contributed by atoms with Crippen molar-refractivity contribution in [2.75, 3.05) is 6.54 Å². The summed E-state index contributed by atoms with van der Waals surface area (Å²) in [4.78, 5) is 8.11. The highest BCUT2D eigenvalue weighted by atomic mass is 16.6. The smallest absolute Gasteiger partial charge is 0.152 e. The highest BCUT2D eigenvalue weighted by Crippen LogP contribution is 1.65. The zero-order valence-electron chi connectivity index (χ0n) is 4.61. The second-order valence-corrected chi connectivity index (χ2v) is 1.17. The van der Waals surface area contributed by atoms with Gasteiger partial charge in [-0.25, -0.2) is 0 Å². The molecule has 0 saturated carbocycles. The van der Waals surface area contributed by atoms with Crippen LogP contribution in [0.4, 0.5) is 0 Å². The van der Waals surface area contributed by atoms with E-state index in [-0.39, 0.29) is 6.10 Å². The summed E-state index contributed by atoms with van der Waals surface area (Å²) in [7, 11) is 0. The molecule has 0 aliphatic heterocycles. The van der Waals surface area contributed by atoms with Gasteiger partial charge in [0.05, 0.1) is 6.10 Å². The normalized spacial score (nSPS) is 10.9. The average molecular weight is 122 g/mol. The number of nitrogens with two attached hydrogens (primary N) is 1. The average Bonchev–Trinajstić information content (AvgIpc) is 1.69. The van der Waals surface area contributed by atoms with E-state index in [0.717, 1.165) is 0 Å². The second-order valence-electron chi connectivity index (χ2n) is 1.17. The van der Waals surface area contributed by atoms with Gasteiger partial charge in [0.1, 0.15) is 0 Å². The van der Waals surface area contributed by atoms with Crippen molar-refractivity contribution in [3.05, 3.63) is 4.91 Å². The third-order valence-corrected chi connectivity index (χ3v) is 0.341. The summed E-state index contributed by atoms with van der Waals surface area (Å²) >= 11 is 0. The summed E-state index contributed by atoms with van der Waals surface area (Å²) in [6, 6.07) is 0. The van der Waals surface area contributed by atoms with Gasteiger partial charge in [0.25, 0.3) is 0 Å². The minimum atomic E-state index is -0.338. The maximum Gasteiger partial charge on any atom is 0.152 e. The Morgan fingerprint density at radius 1 is 1.88 bits per heavy atom. The summed E-state index contributed by atoms with van der Waals surface area (Å²) in [6.07, 6.45) is -0.338. The summed E-state index contributed by atoms with van der Waals surface area (Å²) in [6.45, 7) is 2.01. The van der Waals surface area contributed by atoms with Crippen molar-refractivity contribution in [2.24, 2.45) is 11.1 Å². The van der Waals surface area contributed by atoms with Gasteiger partial charge in [-0.2, -0.15) is 0 Å². The van der Waals surface area contributed by atoms with Crippen molar-refractivity contribution < 1.29 is 10.3 Å². The molecule has 0 fully saturated rings. The third kappa shape index (κ3) is 57.0. The predicted molar refractivity (Wildman–Crippen MR) is 28.3 cm³/mol. The van der Waals surface area contributed by atoms with Crippen molar-refractivity contribution in [3.63, 3.8) is 0 Å². The van der Waals surface area contributed by atoms with Crippen LogP contribution in [-0.2, 0) is 0 Å². The summed E-state index contributed by atoms with van der Waals surface area (Å²) < 4.78 is 0. The lowest BCUT2D eigenvalue weighted by Gasteiger charge is -1.91. The lowest BCUT2D eigenvalue weighted by molar-refractivity contribution is 0.203. The van der Waals surface area contributed by atoms with E-state index in [1.54, 1.807) is 6.92 Å². The van der Waals surface area contributed by atoms with Gasteiger partial charge in [-0.3, -0.25) is 0 Å². The van der Waals surface area contributed by atoms with Crippen LogP contribution in [0, 0.1) is 4.91 Å². The van der Waals surface area contributed by atoms with Crippen LogP contribution in [0.5, 0.6) is 0 Å². The van der Waals surface area contributed by atoms with Crippen LogP contribution < -0.4 is 5.73 Å². The van der Waals surface area contributed by atoms with Crippen LogP contribution in [-0.4, -0.2) is 23.0 Å². The first kappa shape index (κ1) is 10.3. The van der Waals surface area contributed by atoms with Crippen molar-refractivity contribution in [1.29, 1.82) is 0 Å². The van der Waals surface area contributed by atoms with E-state index < -0.39 is 0 Å². The van der Waals surface area contributed by atoms with E-state index in [2.05, 4.69) is 0 Å². The molecule has 0 aliphatic carbocycles. The molecule has 1 atom stereocenters. The Kier molecular flexibility index (Phi) is 12.4. The first-order valence-corrected chi connectivity index (χ1v) is 2.03. The van der Waals surface area contributed by atoms with E-state index in [1.165, 1.54) is 5.34 Å². The summed E-state index contributed by atoms with van der Waals surface area (Å²) in [5.41, 5.74) is 4.92. The SMILES string of the molecule is CC(O)CN.O=NO. The van der Waals surface area contributed by atoms with E-state index in [4.69, 9.17) is 21.0 Å². The molecule has 0 aliphatic rings. The largest absolute Gasteiger partial charge is 0.392 e. The van der Waals surface area contributed by atoms with Crippen molar-refractivity contribution in [2.45, 2.75) is 13.0 Å². The molecule has 0 saturated heterocycles. The first-order valence-electron chi connectivity index (χ1n) is 2.03. The Morgan fingerprint density at radius 3 is 2.00 bits per heavy atom. The molecule has 0 radical (unpaired) electrons. The predicted octanol–water partition coefficient (Wildman–Crippen LogP) is -0.532. The van der Waals surface area contributed by atoms with E-state index in [1.807, 2.05) is 0 Å². The molecule has 1 unspecified atom stereocenters. The highest BCUT2D eigenvalue weighted by Gasteiger charge is 1.81.